The first-order valence-corrected chi connectivity index (χ1v) is 8.66. The molecule has 0 amide bonds. The summed E-state index contributed by atoms with van der Waals surface area (Å²) in [4.78, 5) is 10.9. The van der Waals surface area contributed by atoms with Gasteiger partial charge in [-0.15, -0.1) is 0 Å². The Morgan fingerprint density at radius 3 is 2.43 bits per heavy atom. The summed E-state index contributed by atoms with van der Waals surface area (Å²) in [6.45, 7) is 2.00. The van der Waals surface area contributed by atoms with Gasteiger partial charge >= 0.3 is 5.97 Å². The Morgan fingerprint density at radius 2 is 1.81 bits per heavy atom. The second-order valence-corrected chi connectivity index (χ2v) is 7.08. The predicted octanol–water partition coefficient (Wildman–Crippen LogP) is 3.90. The number of halogens is 1. The highest BCUT2D eigenvalue weighted by molar-refractivity contribution is 9.10. The van der Waals surface area contributed by atoms with Gasteiger partial charge in [-0.05, 0) is 35.7 Å². The number of hydrogen-bond acceptors (Lipinski definition) is 2. The molecule has 0 spiro atoms. The molecule has 1 N–H and O–H groups in total. The third-order valence-corrected chi connectivity index (χ3v) is 5.20. The van der Waals surface area contributed by atoms with Crippen LogP contribution in [0.15, 0.2) is 46.9 Å². The van der Waals surface area contributed by atoms with Gasteiger partial charge in [0.1, 0.15) is 0 Å². The molecule has 21 heavy (non-hydrogen) atoms. The Hall–Kier alpha value is -1.46. The zero-order chi connectivity index (χ0) is 15.4. The number of carbonyl (C=O) groups is 1. The van der Waals surface area contributed by atoms with E-state index in [-0.39, 0.29) is 5.56 Å². The summed E-state index contributed by atoms with van der Waals surface area (Å²) >= 11 is 3.35. The van der Waals surface area contributed by atoms with Gasteiger partial charge in [0.15, 0.2) is 0 Å². The van der Waals surface area contributed by atoms with E-state index in [1.54, 1.807) is 12.1 Å². The third kappa shape index (κ3) is 4.25. The monoisotopic (exact) mass is 366 g/mol. The first-order chi connectivity index (χ1) is 9.97. The Bertz CT molecular complexity index is 698. The predicted molar refractivity (Wildman–Crippen MR) is 87.8 cm³/mol. The van der Waals surface area contributed by atoms with Gasteiger partial charge in [-0.25, -0.2) is 4.79 Å². The van der Waals surface area contributed by atoms with E-state index in [2.05, 4.69) is 15.9 Å². The zero-order valence-electron chi connectivity index (χ0n) is 11.5. The van der Waals surface area contributed by atoms with Crippen LogP contribution in [0.25, 0.3) is 0 Å². The number of benzene rings is 2. The average molecular weight is 367 g/mol. The van der Waals surface area contributed by atoms with E-state index in [0.29, 0.717) is 16.0 Å². The summed E-state index contributed by atoms with van der Waals surface area (Å²) in [6, 6.07) is 12.7. The summed E-state index contributed by atoms with van der Waals surface area (Å²) in [7, 11) is -1.04. The molecule has 0 saturated carbocycles. The van der Waals surface area contributed by atoms with Crippen molar-refractivity contribution in [3.8, 4) is 0 Å². The highest BCUT2D eigenvalue weighted by Gasteiger charge is 2.10. The third-order valence-electron chi connectivity index (χ3n) is 3.19. The van der Waals surface area contributed by atoms with Crippen molar-refractivity contribution in [1.82, 2.24) is 0 Å². The molecular formula is C16H15BrO3S. The second-order valence-electron chi connectivity index (χ2n) is 4.77. The average Bonchev–Trinajstić information content (AvgIpc) is 2.43. The van der Waals surface area contributed by atoms with E-state index in [1.165, 1.54) is 6.07 Å². The molecule has 0 aliphatic heterocycles. The molecule has 0 aliphatic carbocycles. The van der Waals surface area contributed by atoms with Crippen LogP contribution in [0, 0.1) is 6.92 Å². The number of aromatic carboxylic acids is 1. The number of carboxylic acids is 1. The van der Waals surface area contributed by atoms with Crippen LogP contribution in [0.1, 0.15) is 27.0 Å². The van der Waals surface area contributed by atoms with Crippen molar-refractivity contribution < 1.29 is 14.1 Å². The van der Waals surface area contributed by atoms with E-state index in [0.717, 1.165) is 16.7 Å². The zero-order valence-corrected chi connectivity index (χ0v) is 13.9. The van der Waals surface area contributed by atoms with Crippen LogP contribution in [0.3, 0.4) is 0 Å². The van der Waals surface area contributed by atoms with Gasteiger partial charge in [-0.3, -0.25) is 4.21 Å². The molecule has 1 atom stereocenters. The fourth-order valence-corrected chi connectivity index (χ4v) is 4.04. The van der Waals surface area contributed by atoms with E-state index in [1.807, 2.05) is 31.2 Å². The topological polar surface area (TPSA) is 54.4 Å². The van der Waals surface area contributed by atoms with Crippen molar-refractivity contribution in [2.75, 3.05) is 0 Å². The fourth-order valence-electron chi connectivity index (χ4n) is 1.97. The SMILES string of the molecule is Cc1ccccc1CS(=O)Cc1ccc(C(=O)O)cc1Br. The molecule has 1 unspecified atom stereocenters. The molecule has 0 heterocycles. The van der Waals surface area contributed by atoms with Crippen LogP contribution in [0.5, 0.6) is 0 Å². The van der Waals surface area contributed by atoms with Crippen LogP contribution in [0.2, 0.25) is 0 Å². The highest BCUT2D eigenvalue weighted by atomic mass is 79.9. The molecule has 3 nitrogen and oxygen atoms in total. The molecule has 0 radical (unpaired) electrons. The molecule has 2 aromatic rings. The maximum absolute atomic E-state index is 12.3. The van der Waals surface area contributed by atoms with Gasteiger partial charge in [0.05, 0.1) is 5.56 Å². The van der Waals surface area contributed by atoms with Crippen LogP contribution < -0.4 is 0 Å². The number of aryl methyl sites for hydroxylation is 1. The molecule has 2 aromatic carbocycles. The summed E-state index contributed by atoms with van der Waals surface area (Å²) in [6.07, 6.45) is 0. The Labute approximate surface area is 134 Å². The minimum Gasteiger partial charge on any atom is -0.478 e. The minimum atomic E-state index is -1.04. The summed E-state index contributed by atoms with van der Waals surface area (Å²) in [5.41, 5.74) is 3.28. The number of rotatable bonds is 5. The maximum atomic E-state index is 12.3. The molecule has 0 aliphatic rings. The summed E-state index contributed by atoms with van der Waals surface area (Å²) in [5, 5.41) is 8.93. The smallest absolute Gasteiger partial charge is 0.335 e. The van der Waals surface area contributed by atoms with Crippen molar-refractivity contribution in [2.45, 2.75) is 18.4 Å². The summed E-state index contributed by atoms with van der Waals surface area (Å²) < 4.78 is 13.0. The summed E-state index contributed by atoms with van der Waals surface area (Å²) in [5.74, 6) is -0.0718. The molecule has 2 rings (SSSR count). The van der Waals surface area contributed by atoms with Crippen molar-refractivity contribution in [1.29, 1.82) is 0 Å². The molecule has 0 aromatic heterocycles. The normalized spacial score (nSPS) is 12.1. The van der Waals surface area contributed by atoms with Crippen LogP contribution in [-0.2, 0) is 22.3 Å². The molecule has 110 valence electrons. The van der Waals surface area contributed by atoms with Crippen molar-refractivity contribution in [2.24, 2.45) is 0 Å². The van der Waals surface area contributed by atoms with E-state index < -0.39 is 16.8 Å². The number of hydrogen-bond donors (Lipinski definition) is 1. The minimum absolute atomic E-state index is 0.218. The van der Waals surface area contributed by atoms with Gasteiger partial charge in [-0.2, -0.15) is 0 Å². The van der Waals surface area contributed by atoms with E-state index in [4.69, 9.17) is 5.11 Å². The first kappa shape index (κ1) is 15.9. The molecular weight excluding hydrogens is 352 g/mol. The Balaban J connectivity index is 2.10. The lowest BCUT2D eigenvalue weighted by molar-refractivity contribution is 0.0697. The molecule has 0 fully saturated rings. The lowest BCUT2D eigenvalue weighted by Gasteiger charge is -2.08. The van der Waals surface area contributed by atoms with E-state index in [9.17, 15) is 9.00 Å². The lowest BCUT2D eigenvalue weighted by Crippen LogP contribution is -2.03. The van der Waals surface area contributed by atoms with E-state index >= 15 is 0 Å². The maximum Gasteiger partial charge on any atom is 0.335 e. The van der Waals surface area contributed by atoms with Gasteiger partial charge in [0.25, 0.3) is 0 Å². The van der Waals surface area contributed by atoms with Gasteiger partial charge in [0.2, 0.25) is 0 Å². The van der Waals surface area contributed by atoms with Crippen LogP contribution >= 0.6 is 15.9 Å². The van der Waals surface area contributed by atoms with Gasteiger partial charge in [0, 0.05) is 26.8 Å². The second kappa shape index (κ2) is 7.00. The number of carboxylic acid groups (broad SMARTS) is 1. The Kier molecular flexibility index (Phi) is 5.31. The molecule has 5 heteroatoms. The van der Waals surface area contributed by atoms with Gasteiger partial charge in [-0.1, -0.05) is 46.3 Å². The van der Waals surface area contributed by atoms with Gasteiger partial charge < -0.3 is 5.11 Å². The largest absolute Gasteiger partial charge is 0.478 e. The highest BCUT2D eigenvalue weighted by Crippen LogP contribution is 2.21. The fraction of sp³-hybridized carbons (Fsp3) is 0.188. The van der Waals surface area contributed by atoms with Crippen molar-refractivity contribution in [3.63, 3.8) is 0 Å². The van der Waals surface area contributed by atoms with Crippen molar-refractivity contribution in [3.05, 3.63) is 69.2 Å². The van der Waals surface area contributed by atoms with Crippen LogP contribution in [0.4, 0.5) is 0 Å². The standard InChI is InChI=1S/C16H15BrO3S/c1-11-4-2-3-5-13(11)9-21(20)10-14-7-6-12(16(18)19)8-15(14)17/h2-8H,9-10H2,1H3,(H,18,19). The van der Waals surface area contributed by atoms with Crippen LogP contribution in [-0.4, -0.2) is 15.3 Å². The first-order valence-electron chi connectivity index (χ1n) is 6.38. The molecule has 0 bridgehead atoms. The lowest BCUT2D eigenvalue weighted by atomic mass is 10.1. The quantitative estimate of drug-likeness (QED) is 0.872. The molecule has 0 saturated heterocycles. The van der Waals surface area contributed by atoms with Crippen molar-refractivity contribution >= 4 is 32.7 Å². The Morgan fingerprint density at radius 1 is 1.14 bits per heavy atom.